The van der Waals surface area contributed by atoms with E-state index in [0.29, 0.717) is 11.3 Å². The van der Waals surface area contributed by atoms with Crippen molar-refractivity contribution in [2.45, 2.75) is 19.4 Å². The molecular formula is C19H17N3O5S. The van der Waals surface area contributed by atoms with E-state index in [0.717, 1.165) is 17.1 Å². The molecule has 0 radical (unpaired) electrons. The first-order valence-corrected chi connectivity index (χ1v) is 9.16. The maximum absolute atomic E-state index is 12.6. The molecule has 1 aromatic heterocycles. The van der Waals surface area contributed by atoms with Gasteiger partial charge in [-0.25, -0.2) is 18.8 Å². The molecule has 0 atom stereocenters. The molecule has 0 saturated heterocycles. The smallest absolute Gasteiger partial charge is 0.299 e. The highest BCUT2D eigenvalue weighted by molar-refractivity contribution is 7.03. The summed E-state index contributed by atoms with van der Waals surface area (Å²) in [7, 11) is 0. The van der Waals surface area contributed by atoms with E-state index in [2.05, 4.69) is 0 Å². The number of aromatic nitrogens is 2. The Kier molecular flexibility index (Phi) is 5.97. The lowest BCUT2D eigenvalue weighted by Crippen LogP contribution is -2.28. The molecule has 144 valence electrons. The number of ketones is 1. The highest BCUT2D eigenvalue weighted by Crippen LogP contribution is 2.11. The van der Waals surface area contributed by atoms with Crippen LogP contribution in [0.4, 0.5) is 0 Å². The minimum atomic E-state index is -0.766. The lowest BCUT2D eigenvalue weighted by Gasteiger charge is -2.04. The van der Waals surface area contributed by atoms with Gasteiger partial charge in [0.05, 0.1) is 18.7 Å². The molecule has 0 saturated carbocycles. The van der Waals surface area contributed by atoms with Gasteiger partial charge in [-0.1, -0.05) is 42.5 Å². The Labute approximate surface area is 163 Å². The fourth-order valence-corrected chi connectivity index (χ4v) is 3.47. The molecule has 0 aliphatic carbocycles. The molecule has 28 heavy (non-hydrogen) atoms. The quantitative estimate of drug-likeness (QED) is 0.351. The van der Waals surface area contributed by atoms with Gasteiger partial charge in [-0.05, 0) is 23.3 Å². The summed E-state index contributed by atoms with van der Waals surface area (Å²) in [6.45, 7) is 0.196. The van der Waals surface area contributed by atoms with Crippen LogP contribution in [0.25, 0.3) is 5.69 Å². The van der Waals surface area contributed by atoms with E-state index in [4.69, 9.17) is 5.21 Å². The molecule has 0 aliphatic heterocycles. The predicted molar refractivity (Wildman–Crippen MR) is 103 cm³/mol. The maximum atomic E-state index is 12.6. The third kappa shape index (κ3) is 4.51. The summed E-state index contributed by atoms with van der Waals surface area (Å²) in [5.74, 6) is -1.12. The molecule has 0 spiro atoms. The van der Waals surface area contributed by atoms with Gasteiger partial charge in [-0.2, -0.15) is 0 Å². The lowest BCUT2D eigenvalue weighted by molar-refractivity contribution is -0.133. The van der Waals surface area contributed by atoms with Gasteiger partial charge in [-0.3, -0.25) is 19.6 Å². The minimum absolute atomic E-state index is 0.0217. The zero-order chi connectivity index (χ0) is 20.1. The summed E-state index contributed by atoms with van der Waals surface area (Å²) < 4.78 is 2.47. The normalized spacial score (nSPS) is 10.6. The van der Waals surface area contributed by atoms with Crippen molar-refractivity contribution < 1.29 is 14.8 Å². The van der Waals surface area contributed by atoms with E-state index < -0.39 is 18.0 Å². The predicted octanol–water partition coefficient (Wildman–Crippen LogP) is 1.12. The second-order valence-electron chi connectivity index (χ2n) is 6.10. The first-order chi connectivity index (χ1) is 13.5. The number of benzene rings is 2. The number of hydrogen-bond donors (Lipinski definition) is 2. The number of hydrogen-bond acceptors (Lipinski definition) is 6. The third-order valence-corrected chi connectivity index (χ3v) is 4.96. The SMILES string of the molecule is O=C(CC(=O)NO)Cc1ccc(-n2sc(=O)n(Cc3ccccc3)c2=O)cc1. The molecule has 1 heterocycles. The topological polar surface area (TPSA) is 110 Å². The molecule has 9 heteroatoms. The third-order valence-electron chi connectivity index (χ3n) is 4.03. The summed E-state index contributed by atoms with van der Waals surface area (Å²) in [5, 5.41) is 8.45. The fourth-order valence-electron chi connectivity index (χ4n) is 2.67. The van der Waals surface area contributed by atoms with Crippen molar-refractivity contribution in [1.82, 2.24) is 14.0 Å². The Hall–Kier alpha value is -3.30. The van der Waals surface area contributed by atoms with Crippen molar-refractivity contribution in [3.63, 3.8) is 0 Å². The van der Waals surface area contributed by atoms with Crippen LogP contribution in [0.15, 0.2) is 64.2 Å². The summed E-state index contributed by atoms with van der Waals surface area (Å²) in [5.41, 5.74) is 3.01. The number of carbonyl (C=O) groups is 2. The van der Waals surface area contributed by atoms with Crippen LogP contribution in [-0.2, 0) is 22.6 Å². The van der Waals surface area contributed by atoms with Crippen LogP contribution in [0.1, 0.15) is 17.5 Å². The molecule has 2 N–H and O–H groups in total. The minimum Gasteiger partial charge on any atom is -0.299 e. The zero-order valence-electron chi connectivity index (χ0n) is 14.7. The highest BCUT2D eigenvalue weighted by Gasteiger charge is 2.13. The number of nitrogens with zero attached hydrogens (tertiary/aromatic N) is 2. The number of Topliss-reactive ketones (excluding diaryl/α,β-unsaturated/α-hetero) is 1. The average Bonchev–Trinajstić information content (AvgIpc) is 2.97. The van der Waals surface area contributed by atoms with E-state index in [9.17, 15) is 19.2 Å². The van der Waals surface area contributed by atoms with Crippen LogP contribution in [0.2, 0.25) is 0 Å². The fraction of sp³-hybridized carbons (Fsp3) is 0.158. The highest BCUT2D eigenvalue weighted by atomic mass is 32.1. The van der Waals surface area contributed by atoms with Gasteiger partial charge in [0, 0.05) is 18.0 Å². The van der Waals surface area contributed by atoms with E-state index in [1.54, 1.807) is 24.3 Å². The van der Waals surface area contributed by atoms with Crippen molar-refractivity contribution >= 4 is 23.2 Å². The largest absolute Gasteiger partial charge is 0.346 e. The molecule has 3 rings (SSSR count). The van der Waals surface area contributed by atoms with Gasteiger partial charge in [0.2, 0.25) is 0 Å². The van der Waals surface area contributed by atoms with Gasteiger partial charge in [-0.15, -0.1) is 0 Å². The van der Waals surface area contributed by atoms with Crippen molar-refractivity contribution in [3.05, 3.63) is 85.9 Å². The molecule has 0 aliphatic rings. The summed E-state index contributed by atoms with van der Waals surface area (Å²) in [4.78, 5) is 47.3. The van der Waals surface area contributed by atoms with Crippen LogP contribution in [0.3, 0.4) is 0 Å². The summed E-state index contributed by atoms with van der Waals surface area (Å²) in [6.07, 6.45) is -0.393. The van der Waals surface area contributed by atoms with Crippen molar-refractivity contribution in [1.29, 1.82) is 0 Å². The van der Waals surface area contributed by atoms with E-state index >= 15 is 0 Å². The molecule has 0 fully saturated rings. The lowest BCUT2D eigenvalue weighted by atomic mass is 10.1. The number of carbonyl (C=O) groups excluding carboxylic acids is 2. The van der Waals surface area contributed by atoms with E-state index in [1.807, 2.05) is 30.3 Å². The number of nitrogens with one attached hydrogen (secondary N) is 1. The van der Waals surface area contributed by atoms with Crippen LogP contribution in [0.5, 0.6) is 0 Å². The van der Waals surface area contributed by atoms with Gasteiger partial charge < -0.3 is 0 Å². The molecular weight excluding hydrogens is 382 g/mol. The molecule has 0 bridgehead atoms. The van der Waals surface area contributed by atoms with Crippen LogP contribution < -0.4 is 16.0 Å². The zero-order valence-corrected chi connectivity index (χ0v) is 15.5. The Morgan fingerprint density at radius 2 is 1.64 bits per heavy atom. The van der Waals surface area contributed by atoms with Crippen molar-refractivity contribution in [2.24, 2.45) is 0 Å². The monoisotopic (exact) mass is 399 g/mol. The number of hydroxylamine groups is 1. The van der Waals surface area contributed by atoms with E-state index in [1.165, 1.54) is 14.0 Å². The molecule has 2 aromatic carbocycles. The number of amides is 1. The van der Waals surface area contributed by atoms with Gasteiger partial charge in [0.25, 0.3) is 5.91 Å². The molecule has 1 amide bonds. The van der Waals surface area contributed by atoms with Crippen LogP contribution >= 0.6 is 11.5 Å². The van der Waals surface area contributed by atoms with Crippen molar-refractivity contribution in [3.8, 4) is 5.69 Å². The Morgan fingerprint density at radius 1 is 0.964 bits per heavy atom. The van der Waals surface area contributed by atoms with Crippen LogP contribution in [-0.4, -0.2) is 25.4 Å². The van der Waals surface area contributed by atoms with Gasteiger partial charge in [0.1, 0.15) is 5.78 Å². The molecule has 8 nitrogen and oxygen atoms in total. The number of rotatable bonds is 7. The second kappa shape index (κ2) is 8.59. The van der Waals surface area contributed by atoms with Crippen molar-refractivity contribution in [2.75, 3.05) is 0 Å². The Balaban J connectivity index is 1.78. The van der Waals surface area contributed by atoms with Crippen LogP contribution in [0, 0.1) is 0 Å². The summed E-state index contributed by atoms with van der Waals surface area (Å²) in [6, 6.07) is 15.8. The Bertz CT molecular complexity index is 1100. The second-order valence-corrected chi connectivity index (χ2v) is 7.00. The standard InChI is InChI=1S/C19H17N3O5S/c23-16(11-17(24)20-27)10-13-6-8-15(9-7-13)22-18(25)21(19(26)28-22)12-14-4-2-1-3-5-14/h1-9,27H,10-12H2,(H,20,24). The Morgan fingerprint density at radius 3 is 2.29 bits per heavy atom. The van der Waals surface area contributed by atoms with Gasteiger partial charge in [0.15, 0.2) is 0 Å². The average molecular weight is 399 g/mol. The first kappa shape index (κ1) is 19.5. The first-order valence-electron chi connectivity index (χ1n) is 8.39. The van der Waals surface area contributed by atoms with Gasteiger partial charge >= 0.3 is 10.6 Å². The summed E-state index contributed by atoms with van der Waals surface area (Å²) >= 11 is 0.808. The molecule has 3 aromatic rings. The van der Waals surface area contributed by atoms with E-state index in [-0.39, 0.29) is 23.6 Å². The maximum Gasteiger partial charge on any atom is 0.346 e. The molecule has 0 unspecified atom stereocenters.